The molecule has 1 saturated heterocycles. The molecule has 3 aromatic rings. The lowest BCUT2D eigenvalue weighted by Gasteiger charge is -2.30. The van der Waals surface area contributed by atoms with Gasteiger partial charge in [-0.05, 0) is 24.6 Å². The summed E-state index contributed by atoms with van der Waals surface area (Å²) in [5, 5.41) is 14.4. The molecule has 0 radical (unpaired) electrons. The van der Waals surface area contributed by atoms with E-state index >= 15 is 0 Å². The molecule has 0 saturated carbocycles. The number of aromatic amines is 1. The Morgan fingerprint density at radius 1 is 1.13 bits per heavy atom. The second kappa shape index (κ2) is 7.91. The number of pyridine rings is 1. The van der Waals surface area contributed by atoms with Crippen LogP contribution in [0.5, 0.6) is 0 Å². The number of carbonyl (C=O) groups is 1. The van der Waals surface area contributed by atoms with Crippen molar-refractivity contribution in [3.63, 3.8) is 0 Å². The number of H-pyrrole nitrogens is 1. The van der Waals surface area contributed by atoms with E-state index in [0.29, 0.717) is 13.1 Å². The molecule has 0 spiro atoms. The van der Waals surface area contributed by atoms with Crippen molar-refractivity contribution in [2.75, 3.05) is 19.6 Å². The highest BCUT2D eigenvalue weighted by atomic mass is 16.2. The zero-order chi connectivity index (χ0) is 20.5. The van der Waals surface area contributed by atoms with Gasteiger partial charge in [0.15, 0.2) is 0 Å². The Morgan fingerprint density at radius 2 is 1.93 bits per heavy atom. The van der Waals surface area contributed by atoms with E-state index in [1.165, 1.54) is 11.1 Å². The van der Waals surface area contributed by atoms with E-state index in [1.807, 2.05) is 17.0 Å². The van der Waals surface area contributed by atoms with Gasteiger partial charge in [-0.15, -0.1) is 0 Å². The van der Waals surface area contributed by atoms with Gasteiger partial charge in [0.25, 0.3) is 0 Å². The summed E-state index contributed by atoms with van der Waals surface area (Å²) < 4.78 is 0. The summed E-state index contributed by atoms with van der Waals surface area (Å²) in [5.74, 6) is 0.288. The number of urea groups is 1. The van der Waals surface area contributed by atoms with E-state index < -0.39 is 0 Å². The van der Waals surface area contributed by atoms with Crippen LogP contribution >= 0.6 is 0 Å². The van der Waals surface area contributed by atoms with Gasteiger partial charge in [-0.2, -0.15) is 5.10 Å². The highest BCUT2D eigenvalue weighted by Crippen LogP contribution is 2.28. The number of hydrogen-bond donors (Lipinski definition) is 3. The molecule has 2 aliphatic heterocycles. The Labute approximate surface area is 175 Å². The average molecular weight is 403 g/mol. The Bertz CT molecular complexity index is 1030. The minimum Gasteiger partial charge on any atom is -0.333 e. The number of hydrogen-bond acceptors (Lipinski definition) is 4. The van der Waals surface area contributed by atoms with Crippen molar-refractivity contribution in [2.24, 2.45) is 0 Å². The normalized spacial score (nSPS) is 20.8. The highest BCUT2D eigenvalue weighted by Gasteiger charge is 2.32. The smallest absolute Gasteiger partial charge is 0.317 e. The number of amides is 2. The van der Waals surface area contributed by atoms with Crippen molar-refractivity contribution >= 4 is 6.03 Å². The van der Waals surface area contributed by atoms with Gasteiger partial charge < -0.3 is 15.5 Å². The second-order valence-electron chi connectivity index (χ2n) is 8.17. The molecule has 7 heteroatoms. The third-order valence-electron chi connectivity index (χ3n) is 6.20. The summed E-state index contributed by atoms with van der Waals surface area (Å²) in [6, 6.07) is 12.6. The van der Waals surface area contributed by atoms with Gasteiger partial charge in [-0.3, -0.25) is 10.1 Å². The van der Waals surface area contributed by atoms with Crippen LogP contribution in [0.4, 0.5) is 4.79 Å². The van der Waals surface area contributed by atoms with Gasteiger partial charge >= 0.3 is 6.03 Å². The van der Waals surface area contributed by atoms with E-state index in [9.17, 15) is 4.79 Å². The summed E-state index contributed by atoms with van der Waals surface area (Å²) in [5.41, 5.74) is 6.66. The third-order valence-corrected chi connectivity index (χ3v) is 6.20. The Balaban J connectivity index is 1.30. The van der Waals surface area contributed by atoms with Gasteiger partial charge in [-0.1, -0.05) is 29.8 Å². The first kappa shape index (κ1) is 18.8. The molecule has 30 heavy (non-hydrogen) atoms. The number of nitrogens with one attached hydrogen (secondary N) is 3. The molecule has 3 N–H and O–H groups in total. The lowest BCUT2D eigenvalue weighted by Crippen LogP contribution is -2.48. The van der Waals surface area contributed by atoms with Gasteiger partial charge in [0, 0.05) is 61.2 Å². The third kappa shape index (κ3) is 3.57. The predicted octanol–water partition coefficient (Wildman–Crippen LogP) is 2.60. The lowest BCUT2D eigenvalue weighted by atomic mass is 9.93. The number of benzene rings is 1. The fourth-order valence-corrected chi connectivity index (χ4v) is 4.46. The molecule has 5 rings (SSSR count). The Hall–Kier alpha value is -3.19. The maximum absolute atomic E-state index is 13.1. The zero-order valence-electron chi connectivity index (χ0n) is 17.1. The first-order valence-electron chi connectivity index (χ1n) is 10.5. The molecule has 1 fully saturated rings. The second-order valence-corrected chi connectivity index (χ2v) is 8.17. The van der Waals surface area contributed by atoms with Crippen LogP contribution in [0.15, 0.2) is 48.8 Å². The molecule has 2 atom stereocenters. The van der Waals surface area contributed by atoms with E-state index in [4.69, 9.17) is 0 Å². The summed E-state index contributed by atoms with van der Waals surface area (Å²) in [6.45, 7) is 5.01. The summed E-state index contributed by atoms with van der Waals surface area (Å²) >= 11 is 0. The SMILES string of the molecule is Cc1ccc(C2CNCC2NC(=O)N2CCc3[nH]nc(-c4ccncc4)c3C2)cc1. The maximum atomic E-state index is 13.1. The molecule has 4 heterocycles. The van der Waals surface area contributed by atoms with Crippen LogP contribution < -0.4 is 10.6 Å². The Kier molecular flexibility index (Phi) is 4.96. The van der Waals surface area contributed by atoms with Crippen molar-refractivity contribution < 1.29 is 4.79 Å². The van der Waals surface area contributed by atoms with Crippen molar-refractivity contribution in [1.82, 2.24) is 30.7 Å². The van der Waals surface area contributed by atoms with Crippen molar-refractivity contribution in [3.05, 3.63) is 71.2 Å². The fourth-order valence-electron chi connectivity index (χ4n) is 4.46. The van der Waals surface area contributed by atoms with Crippen LogP contribution in [-0.4, -0.2) is 51.8 Å². The van der Waals surface area contributed by atoms with Crippen LogP contribution in [0.25, 0.3) is 11.3 Å². The standard InChI is InChI=1S/C23H26N6O/c1-15-2-4-16(5-3-15)18-12-25-13-21(18)26-23(30)29-11-8-20-19(14-29)22(28-27-20)17-6-9-24-10-7-17/h2-7,9-10,18,21,25H,8,11-14H2,1H3,(H,26,30)(H,27,28). The van der Waals surface area contributed by atoms with Crippen LogP contribution in [-0.2, 0) is 13.0 Å². The minimum absolute atomic E-state index is 0.00617. The summed E-state index contributed by atoms with van der Waals surface area (Å²) in [6.07, 6.45) is 4.31. The predicted molar refractivity (Wildman–Crippen MR) is 115 cm³/mol. The van der Waals surface area contributed by atoms with Gasteiger partial charge in [0.2, 0.25) is 0 Å². The van der Waals surface area contributed by atoms with Crippen LogP contribution in [0.2, 0.25) is 0 Å². The number of carbonyl (C=O) groups excluding carboxylic acids is 1. The molecular weight excluding hydrogens is 376 g/mol. The van der Waals surface area contributed by atoms with Crippen LogP contribution in [0, 0.1) is 6.92 Å². The number of aromatic nitrogens is 3. The number of nitrogens with zero attached hydrogens (tertiary/aromatic N) is 3. The molecular formula is C23H26N6O. The molecule has 2 unspecified atom stereocenters. The molecule has 7 nitrogen and oxygen atoms in total. The number of rotatable bonds is 3. The fraction of sp³-hybridized carbons (Fsp3) is 0.348. The maximum Gasteiger partial charge on any atom is 0.317 e. The molecule has 0 aliphatic carbocycles. The molecule has 0 bridgehead atoms. The molecule has 2 aliphatic rings. The topological polar surface area (TPSA) is 85.9 Å². The van der Waals surface area contributed by atoms with Gasteiger partial charge in [-0.25, -0.2) is 4.79 Å². The first-order valence-corrected chi connectivity index (χ1v) is 10.5. The van der Waals surface area contributed by atoms with Gasteiger partial charge in [0.05, 0.1) is 18.3 Å². The highest BCUT2D eigenvalue weighted by molar-refractivity contribution is 5.76. The van der Waals surface area contributed by atoms with Crippen molar-refractivity contribution in [2.45, 2.75) is 31.8 Å². The van der Waals surface area contributed by atoms with Crippen LogP contribution in [0.3, 0.4) is 0 Å². The monoisotopic (exact) mass is 402 g/mol. The van der Waals surface area contributed by atoms with E-state index in [2.05, 4.69) is 57.0 Å². The Morgan fingerprint density at radius 3 is 2.73 bits per heavy atom. The first-order chi connectivity index (χ1) is 14.7. The van der Waals surface area contributed by atoms with Crippen LogP contribution in [0.1, 0.15) is 28.3 Å². The molecule has 2 aromatic heterocycles. The largest absolute Gasteiger partial charge is 0.333 e. The summed E-state index contributed by atoms with van der Waals surface area (Å²) in [7, 11) is 0. The summed E-state index contributed by atoms with van der Waals surface area (Å²) in [4.78, 5) is 19.1. The zero-order valence-corrected chi connectivity index (χ0v) is 17.1. The lowest BCUT2D eigenvalue weighted by molar-refractivity contribution is 0.188. The molecule has 2 amide bonds. The molecule has 154 valence electrons. The van der Waals surface area contributed by atoms with Crippen molar-refractivity contribution in [3.8, 4) is 11.3 Å². The van der Waals surface area contributed by atoms with Crippen molar-refractivity contribution in [1.29, 1.82) is 0 Å². The number of aryl methyl sites for hydroxylation is 1. The van der Waals surface area contributed by atoms with E-state index in [-0.39, 0.29) is 18.0 Å². The van der Waals surface area contributed by atoms with E-state index in [1.54, 1.807) is 12.4 Å². The quantitative estimate of drug-likeness (QED) is 0.629. The molecule has 1 aromatic carbocycles. The minimum atomic E-state index is -0.00617. The average Bonchev–Trinajstić information content (AvgIpc) is 3.41. The van der Waals surface area contributed by atoms with Gasteiger partial charge in [0.1, 0.15) is 0 Å². The van der Waals surface area contributed by atoms with E-state index in [0.717, 1.165) is 42.0 Å². The number of fused-ring (bicyclic) bond motifs is 1.